The summed E-state index contributed by atoms with van der Waals surface area (Å²) in [6.45, 7) is 4.33. The number of rotatable bonds is 7. The van der Waals surface area contributed by atoms with Crippen LogP contribution in [0.1, 0.15) is 20.3 Å². The molecular weight excluding hydrogens is 312 g/mol. The van der Waals surface area contributed by atoms with Crippen molar-refractivity contribution < 1.29 is 13.2 Å². The smallest absolute Gasteiger partial charge is 0.232 e. The Hall–Kier alpha value is -1.27. The molecule has 21 heavy (non-hydrogen) atoms. The highest BCUT2D eigenvalue weighted by molar-refractivity contribution is 7.92. The van der Waals surface area contributed by atoms with E-state index in [2.05, 4.69) is 5.32 Å². The predicted molar refractivity (Wildman–Crippen MR) is 86.1 cm³/mol. The minimum Gasteiger partial charge on any atom is -0.354 e. The molecule has 0 aliphatic rings. The Bertz CT molecular complexity index is 588. The number of carbonyl (C=O) groups is 1. The fourth-order valence-corrected chi connectivity index (χ4v) is 2.96. The van der Waals surface area contributed by atoms with Gasteiger partial charge >= 0.3 is 0 Å². The Morgan fingerprint density at radius 2 is 2.05 bits per heavy atom. The number of carbonyl (C=O) groups excluding carboxylic acids is 1. The maximum atomic E-state index is 11.9. The topological polar surface area (TPSA) is 66.5 Å². The molecule has 0 fully saturated rings. The zero-order valence-electron chi connectivity index (χ0n) is 12.5. The van der Waals surface area contributed by atoms with Crippen LogP contribution in [0, 0.1) is 5.92 Å². The lowest BCUT2D eigenvalue weighted by Crippen LogP contribution is -2.38. The molecule has 0 bridgehead atoms. The van der Waals surface area contributed by atoms with E-state index < -0.39 is 10.0 Å². The lowest BCUT2D eigenvalue weighted by atomic mass is 10.1. The highest BCUT2D eigenvalue weighted by Crippen LogP contribution is 2.21. The molecule has 0 heterocycles. The summed E-state index contributed by atoms with van der Waals surface area (Å²) in [7, 11) is -3.43. The summed E-state index contributed by atoms with van der Waals surface area (Å²) < 4.78 is 25.0. The van der Waals surface area contributed by atoms with Crippen molar-refractivity contribution in [2.24, 2.45) is 5.92 Å². The summed E-state index contributed by atoms with van der Waals surface area (Å²) in [5.41, 5.74) is 0.489. The van der Waals surface area contributed by atoms with E-state index in [0.717, 1.165) is 6.26 Å². The SMILES string of the molecule is CC(C)CC(=O)NCCN(c1cccc(Cl)c1)S(C)(=O)=O. The highest BCUT2D eigenvalue weighted by atomic mass is 35.5. The minimum absolute atomic E-state index is 0.0791. The average Bonchev–Trinajstić information content (AvgIpc) is 2.32. The lowest BCUT2D eigenvalue weighted by Gasteiger charge is -2.22. The fourth-order valence-electron chi connectivity index (χ4n) is 1.86. The van der Waals surface area contributed by atoms with Crippen molar-refractivity contribution in [1.82, 2.24) is 5.32 Å². The van der Waals surface area contributed by atoms with Crippen LogP contribution < -0.4 is 9.62 Å². The van der Waals surface area contributed by atoms with Gasteiger partial charge in [-0.25, -0.2) is 8.42 Å². The maximum Gasteiger partial charge on any atom is 0.232 e. The molecule has 0 saturated heterocycles. The van der Waals surface area contributed by atoms with Crippen molar-refractivity contribution in [2.75, 3.05) is 23.7 Å². The third kappa shape index (κ3) is 6.35. The number of sulfonamides is 1. The number of hydrogen-bond donors (Lipinski definition) is 1. The van der Waals surface area contributed by atoms with Gasteiger partial charge in [0.15, 0.2) is 0 Å². The van der Waals surface area contributed by atoms with Gasteiger partial charge in [0, 0.05) is 18.0 Å². The monoisotopic (exact) mass is 332 g/mol. The van der Waals surface area contributed by atoms with Crippen LogP contribution in [-0.2, 0) is 14.8 Å². The number of amides is 1. The Morgan fingerprint density at radius 1 is 1.38 bits per heavy atom. The van der Waals surface area contributed by atoms with Crippen LogP contribution in [0.15, 0.2) is 24.3 Å². The van der Waals surface area contributed by atoms with Crippen molar-refractivity contribution in [3.05, 3.63) is 29.3 Å². The highest BCUT2D eigenvalue weighted by Gasteiger charge is 2.17. The van der Waals surface area contributed by atoms with Crippen molar-refractivity contribution >= 4 is 33.2 Å². The summed E-state index contributed by atoms with van der Waals surface area (Å²) in [5, 5.41) is 3.19. The average molecular weight is 333 g/mol. The standard InChI is InChI=1S/C14H21ClN2O3S/c1-11(2)9-14(18)16-7-8-17(21(3,19)20)13-6-4-5-12(15)10-13/h4-6,10-11H,7-9H2,1-3H3,(H,16,18). The molecule has 1 amide bonds. The Balaban J connectivity index is 2.71. The Labute approximate surface area is 131 Å². The Morgan fingerprint density at radius 3 is 2.57 bits per heavy atom. The zero-order chi connectivity index (χ0) is 16.0. The summed E-state index contributed by atoms with van der Waals surface area (Å²) in [4.78, 5) is 11.6. The van der Waals surface area contributed by atoms with Gasteiger partial charge in [-0.15, -0.1) is 0 Å². The molecule has 1 aromatic carbocycles. The summed E-state index contributed by atoms with van der Waals surface area (Å²) >= 11 is 5.89. The molecule has 0 radical (unpaired) electrons. The molecule has 7 heteroatoms. The van der Waals surface area contributed by atoms with Gasteiger partial charge in [-0.1, -0.05) is 31.5 Å². The number of benzene rings is 1. The van der Waals surface area contributed by atoms with Gasteiger partial charge in [0.2, 0.25) is 15.9 Å². The largest absolute Gasteiger partial charge is 0.354 e. The Kier molecular flexibility index (Phi) is 6.48. The molecule has 1 aromatic rings. The van der Waals surface area contributed by atoms with Crippen LogP contribution in [0.2, 0.25) is 5.02 Å². The van der Waals surface area contributed by atoms with Gasteiger partial charge in [-0.05, 0) is 24.1 Å². The van der Waals surface area contributed by atoms with Crippen LogP contribution in [0.25, 0.3) is 0 Å². The second kappa shape index (κ2) is 7.66. The normalized spacial score (nSPS) is 11.5. The second-order valence-corrected chi connectivity index (χ2v) is 7.61. The molecule has 0 unspecified atom stereocenters. The van der Waals surface area contributed by atoms with E-state index in [9.17, 15) is 13.2 Å². The van der Waals surface area contributed by atoms with E-state index in [1.54, 1.807) is 24.3 Å². The molecule has 0 aromatic heterocycles. The molecule has 1 rings (SSSR count). The number of hydrogen-bond acceptors (Lipinski definition) is 3. The summed E-state index contributed by atoms with van der Waals surface area (Å²) in [5.74, 6) is 0.188. The van der Waals surface area contributed by atoms with Crippen LogP contribution in [0.5, 0.6) is 0 Å². The predicted octanol–water partition coefficient (Wildman–Crippen LogP) is 2.27. The van der Waals surface area contributed by atoms with Crippen LogP contribution in [0.3, 0.4) is 0 Å². The molecule has 0 aliphatic carbocycles. The van der Waals surface area contributed by atoms with E-state index in [1.807, 2.05) is 13.8 Å². The molecule has 1 N–H and O–H groups in total. The first kappa shape index (κ1) is 17.8. The molecule has 118 valence electrons. The summed E-state index contributed by atoms with van der Waals surface area (Å²) in [6, 6.07) is 6.62. The number of anilines is 1. The van der Waals surface area contributed by atoms with E-state index in [4.69, 9.17) is 11.6 Å². The van der Waals surface area contributed by atoms with Crippen molar-refractivity contribution in [3.63, 3.8) is 0 Å². The third-order valence-electron chi connectivity index (χ3n) is 2.73. The lowest BCUT2D eigenvalue weighted by molar-refractivity contribution is -0.121. The van der Waals surface area contributed by atoms with Gasteiger partial charge in [0.1, 0.15) is 0 Å². The number of halogens is 1. The van der Waals surface area contributed by atoms with Gasteiger partial charge in [-0.2, -0.15) is 0 Å². The second-order valence-electron chi connectivity index (χ2n) is 5.26. The van der Waals surface area contributed by atoms with Gasteiger partial charge < -0.3 is 5.32 Å². The quantitative estimate of drug-likeness (QED) is 0.833. The van der Waals surface area contributed by atoms with E-state index >= 15 is 0 Å². The number of nitrogens with zero attached hydrogens (tertiary/aromatic N) is 1. The summed E-state index contributed by atoms with van der Waals surface area (Å²) in [6.07, 6.45) is 1.56. The van der Waals surface area contributed by atoms with Crippen molar-refractivity contribution in [2.45, 2.75) is 20.3 Å². The van der Waals surface area contributed by atoms with Crippen LogP contribution >= 0.6 is 11.6 Å². The first-order valence-electron chi connectivity index (χ1n) is 6.70. The van der Waals surface area contributed by atoms with Crippen LogP contribution in [-0.4, -0.2) is 33.7 Å². The number of nitrogens with one attached hydrogen (secondary N) is 1. The molecule has 0 saturated carbocycles. The molecule has 0 aliphatic heterocycles. The fraction of sp³-hybridized carbons (Fsp3) is 0.500. The van der Waals surface area contributed by atoms with Gasteiger partial charge in [-0.3, -0.25) is 9.10 Å². The molecule has 0 spiro atoms. The van der Waals surface area contributed by atoms with Crippen LogP contribution in [0.4, 0.5) is 5.69 Å². The molecule has 5 nitrogen and oxygen atoms in total. The zero-order valence-corrected chi connectivity index (χ0v) is 14.0. The van der Waals surface area contributed by atoms with Crippen molar-refractivity contribution in [1.29, 1.82) is 0 Å². The molecule has 0 atom stereocenters. The third-order valence-corrected chi connectivity index (χ3v) is 4.16. The first-order valence-corrected chi connectivity index (χ1v) is 8.92. The van der Waals surface area contributed by atoms with Gasteiger partial charge in [0.05, 0.1) is 18.5 Å². The van der Waals surface area contributed by atoms with E-state index in [1.165, 1.54) is 4.31 Å². The van der Waals surface area contributed by atoms with Gasteiger partial charge in [0.25, 0.3) is 0 Å². The van der Waals surface area contributed by atoms with E-state index in [0.29, 0.717) is 17.1 Å². The first-order chi connectivity index (χ1) is 9.70. The minimum atomic E-state index is -3.43. The van der Waals surface area contributed by atoms with Crippen molar-refractivity contribution in [3.8, 4) is 0 Å². The van der Waals surface area contributed by atoms with E-state index in [-0.39, 0.29) is 24.9 Å². The maximum absolute atomic E-state index is 11.9. The molecular formula is C14H21ClN2O3S.